The zero-order valence-electron chi connectivity index (χ0n) is 13.6. The molecule has 0 fully saturated rings. The van der Waals surface area contributed by atoms with Crippen LogP contribution in [0.5, 0.6) is 0 Å². The minimum absolute atomic E-state index is 0.0470. The van der Waals surface area contributed by atoms with Gasteiger partial charge in [0.25, 0.3) is 5.91 Å². The molecule has 2 N–H and O–H groups in total. The molecule has 0 saturated heterocycles. The van der Waals surface area contributed by atoms with Gasteiger partial charge in [-0.3, -0.25) is 15.0 Å². The summed E-state index contributed by atoms with van der Waals surface area (Å²) >= 11 is 0. The lowest BCUT2D eigenvalue weighted by molar-refractivity contribution is -0.00696. The second-order valence-corrected chi connectivity index (χ2v) is 6.46. The van der Waals surface area contributed by atoms with Crippen LogP contribution in [0.3, 0.4) is 0 Å². The quantitative estimate of drug-likeness (QED) is 0.843. The number of rotatable bonds is 1. The molecule has 0 spiro atoms. The highest BCUT2D eigenvalue weighted by atomic mass is 16.5. The molecule has 2 aliphatic rings. The summed E-state index contributed by atoms with van der Waals surface area (Å²) in [6.45, 7) is 6.67. The summed E-state index contributed by atoms with van der Waals surface area (Å²) in [6.07, 6.45) is 2.57. The molecule has 2 aromatic heterocycles. The van der Waals surface area contributed by atoms with Gasteiger partial charge in [-0.15, -0.1) is 0 Å². The van der Waals surface area contributed by atoms with Crippen molar-refractivity contribution in [2.24, 2.45) is 0 Å². The van der Waals surface area contributed by atoms with Crippen LogP contribution >= 0.6 is 0 Å². The number of nitrogens with zero attached hydrogens (tertiary/aromatic N) is 3. The van der Waals surface area contributed by atoms with Crippen molar-refractivity contribution in [2.45, 2.75) is 52.2 Å². The van der Waals surface area contributed by atoms with Crippen LogP contribution in [-0.2, 0) is 17.6 Å². The molecule has 23 heavy (non-hydrogen) atoms. The Morgan fingerprint density at radius 3 is 2.96 bits per heavy atom. The van der Waals surface area contributed by atoms with Crippen LogP contribution in [-0.4, -0.2) is 39.0 Å². The van der Waals surface area contributed by atoms with Gasteiger partial charge in [-0.1, -0.05) is 0 Å². The van der Waals surface area contributed by atoms with Gasteiger partial charge in [-0.05, 0) is 33.6 Å². The Balaban J connectivity index is 1.73. The van der Waals surface area contributed by atoms with Crippen LogP contribution in [0.2, 0.25) is 0 Å². The minimum atomic E-state index is -0.0598. The van der Waals surface area contributed by atoms with Gasteiger partial charge in [-0.2, -0.15) is 10.2 Å². The lowest BCUT2D eigenvalue weighted by Crippen LogP contribution is -2.36. The number of ether oxygens (including phenoxy) is 1. The standard InChI is InChI=1S/C16H21N5O2/c1-8-7-11-13(10(3)23-8)19-20-14(11)16(22)21-6-4-5-12-15(21)9(2)17-18-12/h8,10H,4-7H2,1-3H3,(H,17,18)(H,19,20)/t8-,10+/m1/s1. The van der Waals surface area contributed by atoms with Crippen molar-refractivity contribution in [3.8, 4) is 0 Å². The van der Waals surface area contributed by atoms with E-state index in [1.165, 1.54) is 0 Å². The van der Waals surface area contributed by atoms with E-state index in [1.54, 1.807) is 0 Å². The number of nitrogens with one attached hydrogen (secondary N) is 2. The summed E-state index contributed by atoms with van der Waals surface area (Å²) < 4.78 is 5.80. The molecule has 4 rings (SSSR count). The van der Waals surface area contributed by atoms with Crippen molar-refractivity contribution in [3.63, 3.8) is 0 Å². The largest absolute Gasteiger partial charge is 0.369 e. The number of aryl methyl sites for hydroxylation is 2. The third kappa shape index (κ3) is 2.18. The van der Waals surface area contributed by atoms with E-state index < -0.39 is 0 Å². The van der Waals surface area contributed by atoms with Crippen LogP contribution in [0.4, 0.5) is 5.69 Å². The van der Waals surface area contributed by atoms with E-state index in [9.17, 15) is 4.79 Å². The molecule has 7 nitrogen and oxygen atoms in total. The highest BCUT2D eigenvalue weighted by molar-refractivity contribution is 6.06. The molecular formula is C16H21N5O2. The highest BCUT2D eigenvalue weighted by Gasteiger charge is 2.34. The van der Waals surface area contributed by atoms with Gasteiger partial charge in [0.2, 0.25) is 0 Å². The van der Waals surface area contributed by atoms with E-state index in [-0.39, 0.29) is 18.1 Å². The number of carbonyl (C=O) groups is 1. The summed E-state index contributed by atoms with van der Waals surface area (Å²) in [5.41, 5.74) is 5.27. The third-order valence-electron chi connectivity index (χ3n) is 4.73. The number of hydrogen-bond donors (Lipinski definition) is 2. The molecule has 0 unspecified atom stereocenters. The fraction of sp³-hybridized carbons (Fsp3) is 0.562. The molecule has 2 aliphatic heterocycles. The van der Waals surface area contributed by atoms with Gasteiger partial charge in [0.15, 0.2) is 5.69 Å². The van der Waals surface area contributed by atoms with E-state index in [0.717, 1.165) is 41.2 Å². The van der Waals surface area contributed by atoms with E-state index in [0.29, 0.717) is 18.7 Å². The smallest absolute Gasteiger partial charge is 0.279 e. The molecular weight excluding hydrogens is 294 g/mol. The fourth-order valence-corrected chi connectivity index (χ4v) is 3.70. The Hall–Kier alpha value is -2.15. The van der Waals surface area contributed by atoms with Crippen molar-refractivity contribution in [1.29, 1.82) is 0 Å². The van der Waals surface area contributed by atoms with E-state index >= 15 is 0 Å². The van der Waals surface area contributed by atoms with Gasteiger partial charge < -0.3 is 9.64 Å². The summed E-state index contributed by atoms with van der Waals surface area (Å²) in [6, 6.07) is 0. The van der Waals surface area contributed by atoms with Crippen LogP contribution < -0.4 is 4.90 Å². The maximum Gasteiger partial charge on any atom is 0.279 e. The number of aromatic nitrogens is 4. The predicted octanol–water partition coefficient (Wildman–Crippen LogP) is 2.06. The Kier molecular flexibility index (Phi) is 3.26. The van der Waals surface area contributed by atoms with Crippen LogP contribution in [0.15, 0.2) is 0 Å². The lowest BCUT2D eigenvalue weighted by Gasteiger charge is -2.28. The predicted molar refractivity (Wildman–Crippen MR) is 84.6 cm³/mol. The molecule has 0 saturated carbocycles. The second-order valence-electron chi connectivity index (χ2n) is 6.46. The first-order valence-corrected chi connectivity index (χ1v) is 8.14. The number of amides is 1. The maximum atomic E-state index is 13.1. The Bertz CT molecular complexity index is 763. The summed E-state index contributed by atoms with van der Waals surface area (Å²) in [5, 5.41) is 14.6. The van der Waals surface area contributed by atoms with Gasteiger partial charge in [0, 0.05) is 18.5 Å². The molecule has 1 amide bonds. The molecule has 122 valence electrons. The molecule has 0 radical (unpaired) electrons. The molecule has 4 heterocycles. The monoisotopic (exact) mass is 315 g/mol. The van der Waals surface area contributed by atoms with Crippen molar-refractivity contribution < 1.29 is 9.53 Å². The van der Waals surface area contributed by atoms with Gasteiger partial charge >= 0.3 is 0 Å². The molecule has 7 heteroatoms. The fourth-order valence-electron chi connectivity index (χ4n) is 3.70. The number of carbonyl (C=O) groups excluding carboxylic acids is 1. The number of fused-ring (bicyclic) bond motifs is 2. The SMILES string of the molecule is Cc1[nH]nc2c1N(C(=O)c1n[nH]c3c1C[C@@H](C)O[C@H]3C)CCC2. The first-order chi connectivity index (χ1) is 11.1. The topological polar surface area (TPSA) is 86.9 Å². The van der Waals surface area contributed by atoms with E-state index in [4.69, 9.17) is 4.74 Å². The van der Waals surface area contributed by atoms with Crippen molar-refractivity contribution in [3.05, 3.63) is 28.3 Å². The Labute approximate surface area is 134 Å². The lowest BCUT2D eigenvalue weighted by atomic mass is 9.98. The van der Waals surface area contributed by atoms with Crippen molar-refractivity contribution >= 4 is 11.6 Å². The minimum Gasteiger partial charge on any atom is -0.369 e. The normalized spacial score (nSPS) is 23.5. The van der Waals surface area contributed by atoms with E-state index in [2.05, 4.69) is 20.4 Å². The number of hydrogen-bond acceptors (Lipinski definition) is 4. The number of H-pyrrole nitrogens is 2. The van der Waals surface area contributed by atoms with Crippen molar-refractivity contribution in [1.82, 2.24) is 20.4 Å². The average molecular weight is 315 g/mol. The first kappa shape index (κ1) is 14.4. The highest BCUT2D eigenvalue weighted by Crippen LogP contribution is 2.33. The third-order valence-corrected chi connectivity index (χ3v) is 4.73. The number of anilines is 1. The zero-order chi connectivity index (χ0) is 16.1. The van der Waals surface area contributed by atoms with E-state index in [1.807, 2.05) is 25.7 Å². The average Bonchev–Trinajstić information content (AvgIpc) is 3.11. The van der Waals surface area contributed by atoms with Crippen molar-refractivity contribution in [2.75, 3.05) is 11.4 Å². The maximum absolute atomic E-state index is 13.1. The molecule has 0 bridgehead atoms. The van der Waals surface area contributed by atoms with Gasteiger partial charge in [0.1, 0.15) is 0 Å². The Morgan fingerprint density at radius 1 is 1.30 bits per heavy atom. The zero-order valence-corrected chi connectivity index (χ0v) is 13.6. The summed E-state index contributed by atoms with van der Waals surface area (Å²) in [5.74, 6) is -0.0470. The van der Waals surface area contributed by atoms with Gasteiger partial charge in [-0.25, -0.2) is 0 Å². The Morgan fingerprint density at radius 2 is 2.13 bits per heavy atom. The summed E-state index contributed by atoms with van der Waals surface area (Å²) in [7, 11) is 0. The molecule has 0 aromatic carbocycles. The molecule has 0 aliphatic carbocycles. The summed E-state index contributed by atoms with van der Waals surface area (Å²) in [4.78, 5) is 14.9. The molecule has 2 aromatic rings. The molecule has 2 atom stereocenters. The van der Waals surface area contributed by atoms with Crippen LogP contribution in [0, 0.1) is 6.92 Å². The van der Waals surface area contributed by atoms with Gasteiger partial charge in [0.05, 0.1) is 35.0 Å². The van der Waals surface area contributed by atoms with Crippen LogP contribution in [0.1, 0.15) is 59.5 Å². The second kappa shape index (κ2) is 5.19. The van der Waals surface area contributed by atoms with Crippen LogP contribution in [0.25, 0.3) is 0 Å². The first-order valence-electron chi connectivity index (χ1n) is 8.14. The number of aromatic amines is 2.